The van der Waals surface area contributed by atoms with Crippen molar-refractivity contribution in [3.05, 3.63) is 0 Å². The minimum Gasteiger partial charge on any atom is -0.444 e. The first-order chi connectivity index (χ1) is 8.30. The molecule has 0 bridgehead atoms. The summed E-state index contributed by atoms with van der Waals surface area (Å²) in [7, 11) is 0. The van der Waals surface area contributed by atoms with Crippen molar-refractivity contribution in [3.8, 4) is 0 Å². The van der Waals surface area contributed by atoms with Gasteiger partial charge in [-0.3, -0.25) is 0 Å². The molecule has 5 heteroatoms. The highest BCUT2D eigenvalue weighted by Gasteiger charge is 2.23. The predicted molar refractivity (Wildman–Crippen MR) is 72.4 cm³/mol. The summed E-state index contributed by atoms with van der Waals surface area (Å²) in [6, 6.07) is -0.449. The zero-order valence-electron chi connectivity index (χ0n) is 12.7. The number of hydrogen-bond acceptors (Lipinski definition) is 4. The summed E-state index contributed by atoms with van der Waals surface area (Å²) in [4.78, 5) is 11.4. The number of nitrogens with one attached hydrogen (secondary N) is 1. The van der Waals surface area contributed by atoms with Gasteiger partial charge in [0.25, 0.3) is 0 Å². The van der Waals surface area contributed by atoms with Crippen LogP contribution in [-0.2, 0) is 9.47 Å². The highest BCUT2D eigenvalue weighted by Crippen LogP contribution is 2.08. The Bertz CT molecular complexity index is 214. The topological polar surface area (TPSA) is 67.8 Å². The van der Waals surface area contributed by atoms with E-state index < -0.39 is 24.0 Å². The van der Waals surface area contributed by atoms with Crippen LogP contribution in [0.15, 0.2) is 0 Å². The number of aliphatic hydroxyl groups is 1. The van der Waals surface area contributed by atoms with Crippen LogP contribution in [0.25, 0.3) is 0 Å². The molecule has 0 saturated heterocycles. The average Bonchev–Trinajstić information content (AvgIpc) is 2.26. The van der Waals surface area contributed by atoms with E-state index in [9.17, 15) is 9.90 Å². The Labute approximate surface area is 111 Å². The minimum absolute atomic E-state index is 0.396. The van der Waals surface area contributed by atoms with Crippen LogP contribution in [-0.4, -0.2) is 35.7 Å². The van der Waals surface area contributed by atoms with Gasteiger partial charge in [0.15, 0.2) is 6.29 Å². The second kappa shape index (κ2) is 10.1. The maximum Gasteiger partial charge on any atom is 0.408 e. The fourth-order valence-corrected chi connectivity index (χ4v) is 1.12. The lowest BCUT2D eigenvalue weighted by Crippen LogP contribution is -2.46. The van der Waals surface area contributed by atoms with E-state index in [0.29, 0.717) is 13.0 Å². The lowest BCUT2D eigenvalue weighted by molar-refractivity contribution is -0.116. The van der Waals surface area contributed by atoms with Crippen molar-refractivity contribution in [2.45, 2.75) is 72.8 Å². The van der Waals surface area contributed by atoms with Crippen LogP contribution in [0.4, 0.5) is 4.79 Å². The summed E-state index contributed by atoms with van der Waals surface area (Å²) >= 11 is 0. The third-order valence-corrected chi connectivity index (χ3v) is 1.82. The van der Waals surface area contributed by atoms with Gasteiger partial charge >= 0.3 is 6.09 Å². The van der Waals surface area contributed by atoms with Crippen LogP contribution in [0.5, 0.6) is 0 Å². The Kier molecular flexibility index (Phi) is 11.0. The number of rotatable bonds is 5. The lowest BCUT2D eigenvalue weighted by atomic mass is 10.2. The highest BCUT2D eigenvalue weighted by atomic mass is 16.6. The molecule has 0 saturated carbocycles. The third kappa shape index (κ3) is 10.4. The second-order valence-electron chi connectivity index (χ2n) is 4.51. The zero-order valence-corrected chi connectivity index (χ0v) is 12.7. The summed E-state index contributed by atoms with van der Waals surface area (Å²) in [5.74, 6) is 0. The first-order valence-corrected chi connectivity index (χ1v) is 6.59. The van der Waals surface area contributed by atoms with Gasteiger partial charge in [0.05, 0.1) is 6.04 Å². The molecule has 0 aromatic rings. The Morgan fingerprint density at radius 2 is 1.78 bits per heavy atom. The number of carbonyl (C=O) groups is 1. The van der Waals surface area contributed by atoms with E-state index in [1.54, 1.807) is 27.7 Å². The molecule has 2 atom stereocenters. The fourth-order valence-electron chi connectivity index (χ4n) is 1.12. The molecule has 0 spiro atoms. The SMILES string of the molecule is CC.CCOC(O)[C@H](CC)NC(=O)OC(C)(C)C. The minimum atomic E-state index is -0.998. The van der Waals surface area contributed by atoms with E-state index in [0.717, 1.165) is 0 Å². The summed E-state index contributed by atoms with van der Waals surface area (Å²) in [5, 5.41) is 12.1. The summed E-state index contributed by atoms with van der Waals surface area (Å²) in [5.41, 5.74) is -0.543. The molecule has 18 heavy (non-hydrogen) atoms. The molecule has 0 aliphatic heterocycles. The van der Waals surface area contributed by atoms with Gasteiger partial charge < -0.3 is 19.9 Å². The summed E-state index contributed by atoms with van der Waals surface area (Å²) < 4.78 is 10.1. The van der Waals surface area contributed by atoms with Crippen molar-refractivity contribution in [1.29, 1.82) is 0 Å². The number of aliphatic hydroxyl groups excluding tert-OH is 1. The highest BCUT2D eigenvalue weighted by molar-refractivity contribution is 5.68. The standard InChI is InChI=1S/C11H23NO4.C2H6/c1-6-8(9(13)15-7-2)12-10(14)16-11(3,4)5;1-2/h8-9,13H,6-7H2,1-5H3,(H,12,14);1-2H3/t8-,9?;/m0./s1. The van der Waals surface area contributed by atoms with Gasteiger partial charge in [-0.2, -0.15) is 0 Å². The van der Waals surface area contributed by atoms with Crippen LogP contribution in [0.3, 0.4) is 0 Å². The normalized spacial score (nSPS) is 14.0. The Morgan fingerprint density at radius 3 is 2.11 bits per heavy atom. The Balaban J connectivity index is 0. The van der Waals surface area contributed by atoms with Crippen molar-refractivity contribution in [2.24, 2.45) is 0 Å². The van der Waals surface area contributed by atoms with E-state index in [4.69, 9.17) is 9.47 Å². The van der Waals surface area contributed by atoms with Crippen molar-refractivity contribution in [1.82, 2.24) is 5.32 Å². The molecule has 0 fully saturated rings. The van der Waals surface area contributed by atoms with Gasteiger partial charge in [-0.15, -0.1) is 0 Å². The van der Waals surface area contributed by atoms with Gasteiger partial charge in [0.2, 0.25) is 0 Å². The molecule has 1 amide bonds. The lowest BCUT2D eigenvalue weighted by Gasteiger charge is -2.25. The van der Waals surface area contributed by atoms with Crippen LogP contribution < -0.4 is 5.32 Å². The van der Waals surface area contributed by atoms with Crippen molar-refractivity contribution in [2.75, 3.05) is 6.61 Å². The molecule has 0 aromatic carbocycles. The van der Waals surface area contributed by atoms with E-state index in [1.165, 1.54) is 0 Å². The third-order valence-electron chi connectivity index (χ3n) is 1.82. The van der Waals surface area contributed by atoms with Crippen LogP contribution >= 0.6 is 0 Å². The smallest absolute Gasteiger partial charge is 0.408 e. The van der Waals surface area contributed by atoms with Crippen LogP contribution in [0.1, 0.15) is 54.9 Å². The quantitative estimate of drug-likeness (QED) is 0.748. The van der Waals surface area contributed by atoms with Crippen molar-refractivity contribution in [3.63, 3.8) is 0 Å². The van der Waals surface area contributed by atoms with Crippen LogP contribution in [0, 0.1) is 0 Å². The van der Waals surface area contributed by atoms with E-state index in [1.807, 2.05) is 20.8 Å². The number of carbonyl (C=O) groups excluding carboxylic acids is 1. The molecule has 0 aromatic heterocycles. The van der Waals surface area contributed by atoms with Gasteiger partial charge in [-0.25, -0.2) is 4.79 Å². The molecule has 0 aliphatic carbocycles. The van der Waals surface area contributed by atoms with Gasteiger partial charge in [0.1, 0.15) is 5.60 Å². The number of amides is 1. The average molecular weight is 263 g/mol. The molecule has 0 rings (SSSR count). The van der Waals surface area contributed by atoms with Crippen molar-refractivity contribution >= 4 is 6.09 Å². The monoisotopic (exact) mass is 263 g/mol. The number of alkyl carbamates (subject to hydrolysis) is 1. The number of hydrogen-bond donors (Lipinski definition) is 2. The maximum atomic E-state index is 11.4. The molecule has 110 valence electrons. The molecular weight excluding hydrogens is 234 g/mol. The Morgan fingerprint density at radius 1 is 1.28 bits per heavy atom. The molecule has 0 radical (unpaired) electrons. The molecule has 1 unspecified atom stereocenters. The Hall–Kier alpha value is -0.810. The van der Waals surface area contributed by atoms with E-state index in [2.05, 4.69) is 5.32 Å². The van der Waals surface area contributed by atoms with Gasteiger partial charge in [0, 0.05) is 6.61 Å². The summed E-state index contributed by atoms with van der Waals surface area (Å²) in [6.07, 6.45) is -0.971. The second-order valence-corrected chi connectivity index (χ2v) is 4.51. The van der Waals surface area contributed by atoms with Crippen molar-refractivity contribution < 1.29 is 19.4 Å². The summed E-state index contributed by atoms with van der Waals surface area (Å²) in [6.45, 7) is 13.4. The molecule has 5 nitrogen and oxygen atoms in total. The molecule has 0 aliphatic rings. The fraction of sp³-hybridized carbons (Fsp3) is 0.923. The molecule has 0 heterocycles. The van der Waals surface area contributed by atoms with Gasteiger partial charge in [-0.05, 0) is 34.1 Å². The van der Waals surface area contributed by atoms with E-state index in [-0.39, 0.29) is 0 Å². The zero-order chi connectivity index (χ0) is 14.8. The number of ether oxygens (including phenoxy) is 2. The molecule has 2 N–H and O–H groups in total. The maximum absolute atomic E-state index is 11.4. The predicted octanol–water partition coefficient (Wildman–Crippen LogP) is 2.67. The molecular formula is C13H29NO4. The first-order valence-electron chi connectivity index (χ1n) is 6.59. The largest absolute Gasteiger partial charge is 0.444 e. The van der Waals surface area contributed by atoms with Gasteiger partial charge in [-0.1, -0.05) is 20.8 Å². The van der Waals surface area contributed by atoms with Crippen LogP contribution in [0.2, 0.25) is 0 Å². The van der Waals surface area contributed by atoms with E-state index >= 15 is 0 Å². The first kappa shape index (κ1) is 19.5.